The van der Waals surface area contributed by atoms with Crippen molar-refractivity contribution in [3.63, 3.8) is 0 Å². The van der Waals surface area contributed by atoms with Gasteiger partial charge in [0.05, 0.1) is 0 Å². The lowest BCUT2D eigenvalue weighted by molar-refractivity contribution is 0.118. The second-order valence-corrected chi connectivity index (χ2v) is 6.17. The molecule has 5 heteroatoms. The summed E-state index contributed by atoms with van der Waals surface area (Å²) in [6.45, 7) is 4.45. The SMILES string of the molecule is CCC[C@@H](F)CN1CCC(NC(=O)OCc2ccccc2)CC1. The van der Waals surface area contributed by atoms with Gasteiger partial charge in [0.15, 0.2) is 0 Å². The number of amides is 1. The predicted octanol–water partition coefficient (Wildman–Crippen LogP) is 3.52. The summed E-state index contributed by atoms with van der Waals surface area (Å²) in [5.41, 5.74) is 0.974. The lowest BCUT2D eigenvalue weighted by Gasteiger charge is -2.32. The number of ether oxygens (including phenoxy) is 1. The maximum absolute atomic E-state index is 13.6. The molecular formula is C18H27FN2O2. The van der Waals surface area contributed by atoms with Gasteiger partial charge in [0, 0.05) is 25.7 Å². The number of nitrogens with one attached hydrogen (secondary N) is 1. The third-order valence-electron chi connectivity index (χ3n) is 4.18. The van der Waals surface area contributed by atoms with Crippen molar-refractivity contribution in [2.45, 2.75) is 51.4 Å². The zero-order valence-electron chi connectivity index (χ0n) is 13.8. The molecule has 2 rings (SSSR count). The Morgan fingerprint density at radius 3 is 2.70 bits per heavy atom. The van der Waals surface area contributed by atoms with Crippen molar-refractivity contribution in [2.24, 2.45) is 0 Å². The molecule has 0 unspecified atom stereocenters. The minimum atomic E-state index is -0.736. The number of nitrogens with zero attached hydrogens (tertiary/aromatic N) is 1. The first-order valence-corrected chi connectivity index (χ1v) is 8.51. The monoisotopic (exact) mass is 322 g/mol. The molecular weight excluding hydrogens is 295 g/mol. The lowest BCUT2D eigenvalue weighted by Crippen LogP contribution is -2.46. The van der Waals surface area contributed by atoms with Crippen LogP contribution in [0.2, 0.25) is 0 Å². The van der Waals surface area contributed by atoms with Crippen LogP contribution in [0.15, 0.2) is 30.3 Å². The van der Waals surface area contributed by atoms with Gasteiger partial charge in [-0.1, -0.05) is 43.7 Å². The molecule has 1 N–H and O–H groups in total. The molecule has 23 heavy (non-hydrogen) atoms. The molecule has 1 aliphatic heterocycles. The van der Waals surface area contributed by atoms with Crippen LogP contribution in [0.1, 0.15) is 38.2 Å². The number of alkyl halides is 1. The summed E-state index contributed by atoms with van der Waals surface area (Å²) < 4.78 is 18.9. The van der Waals surface area contributed by atoms with E-state index in [0.29, 0.717) is 13.0 Å². The van der Waals surface area contributed by atoms with Gasteiger partial charge in [-0.2, -0.15) is 0 Å². The molecule has 0 radical (unpaired) electrons. The van der Waals surface area contributed by atoms with E-state index in [2.05, 4.69) is 10.2 Å². The topological polar surface area (TPSA) is 41.6 Å². The number of carbonyl (C=O) groups is 1. The van der Waals surface area contributed by atoms with Gasteiger partial charge in [-0.15, -0.1) is 0 Å². The van der Waals surface area contributed by atoms with E-state index in [0.717, 1.165) is 37.9 Å². The summed E-state index contributed by atoms with van der Waals surface area (Å²) in [5.74, 6) is 0. The molecule has 1 aromatic rings. The summed E-state index contributed by atoms with van der Waals surface area (Å²) in [7, 11) is 0. The quantitative estimate of drug-likeness (QED) is 0.835. The van der Waals surface area contributed by atoms with Crippen LogP contribution in [0, 0.1) is 0 Å². The van der Waals surface area contributed by atoms with Crippen LogP contribution in [0.25, 0.3) is 0 Å². The number of hydrogen-bond donors (Lipinski definition) is 1. The minimum absolute atomic E-state index is 0.124. The number of likely N-dealkylation sites (tertiary alicyclic amines) is 1. The average molecular weight is 322 g/mol. The average Bonchev–Trinajstić information content (AvgIpc) is 2.56. The van der Waals surface area contributed by atoms with E-state index < -0.39 is 6.17 Å². The number of rotatable bonds is 7. The highest BCUT2D eigenvalue weighted by Gasteiger charge is 2.22. The maximum Gasteiger partial charge on any atom is 0.407 e. The van der Waals surface area contributed by atoms with Crippen molar-refractivity contribution in [3.05, 3.63) is 35.9 Å². The van der Waals surface area contributed by atoms with Crippen LogP contribution in [-0.2, 0) is 11.3 Å². The largest absolute Gasteiger partial charge is 0.445 e. The van der Waals surface area contributed by atoms with E-state index in [-0.39, 0.29) is 18.7 Å². The first-order chi connectivity index (χ1) is 11.2. The Balaban J connectivity index is 1.63. The molecule has 1 fully saturated rings. The van der Waals surface area contributed by atoms with Crippen molar-refractivity contribution in [1.29, 1.82) is 0 Å². The van der Waals surface area contributed by atoms with E-state index in [9.17, 15) is 9.18 Å². The summed E-state index contributed by atoms with van der Waals surface area (Å²) >= 11 is 0. The molecule has 0 aliphatic carbocycles. The smallest absolute Gasteiger partial charge is 0.407 e. The molecule has 1 amide bonds. The normalized spacial score (nSPS) is 17.7. The van der Waals surface area contributed by atoms with Crippen molar-refractivity contribution in [2.75, 3.05) is 19.6 Å². The molecule has 0 saturated carbocycles. The minimum Gasteiger partial charge on any atom is -0.445 e. The second kappa shape index (κ2) is 9.50. The van der Waals surface area contributed by atoms with Gasteiger partial charge in [-0.05, 0) is 24.8 Å². The first-order valence-electron chi connectivity index (χ1n) is 8.51. The van der Waals surface area contributed by atoms with Crippen molar-refractivity contribution >= 4 is 6.09 Å². The third-order valence-corrected chi connectivity index (χ3v) is 4.18. The zero-order valence-corrected chi connectivity index (χ0v) is 13.8. The molecule has 0 bridgehead atoms. The molecule has 1 aliphatic rings. The fourth-order valence-electron chi connectivity index (χ4n) is 2.88. The Labute approximate surface area is 138 Å². The molecule has 128 valence electrons. The molecule has 4 nitrogen and oxygen atoms in total. The van der Waals surface area contributed by atoms with Crippen molar-refractivity contribution in [3.8, 4) is 0 Å². The molecule has 1 atom stereocenters. The number of halogens is 1. The summed E-state index contributed by atoms with van der Waals surface area (Å²) in [6, 6.07) is 9.75. The summed E-state index contributed by atoms with van der Waals surface area (Å²) in [6.07, 6.45) is 2.09. The van der Waals surface area contributed by atoms with E-state index in [1.165, 1.54) is 0 Å². The van der Waals surface area contributed by atoms with Gasteiger partial charge in [0.1, 0.15) is 12.8 Å². The van der Waals surface area contributed by atoms with E-state index in [4.69, 9.17) is 4.74 Å². The Hall–Kier alpha value is -1.62. The third kappa shape index (κ3) is 6.57. The highest BCUT2D eigenvalue weighted by atomic mass is 19.1. The fourth-order valence-corrected chi connectivity index (χ4v) is 2.88. The molecule has 1 saturated heterocycles. The van der Waals surface area contributed by atoms with Crippen molar-refractivity contribution < 1.29 is 13.9 Å². The predicted molar refractivity (Wildman–Crippen MR) is 89.0 cm³/mol. The summed E-state index contributed by atoms with van der Waals surface area (Å²) in [5, 5.41) is 2.91. The number of piperidine rings is 1. The van der Waals surface area contributed by atoms with Crippen LogP contribution in [0.4, 0.5) is 9.18 Å². The maximum atomic E-state index is 13.6. The first kappa shape index (κ1) is 17.7. The fraction of sp³-hybridized carbons (Fsp3) is 0.611. The number of hydrogen-bond acceptors (Lipinski definition) is 3. The van der Waals surface area contributed by atoms with E-state index in [1.54, 1.807) is 0 Å². The standard InChI is InChI=1S/C18H27FN2O2/c1-2-6-16(19)13-21-11-9-17(10-12-21)20-18(22)23-14-15-7-4-3-5-8-15/h3-5,7-8,16-17H,2,6,9-14H2,1H3,(H,20,22)/t16-/m1/s1. The molecule has 1 aromatic carbocycles. The van der Waals surface area contributed by atoms with Gasteiger partial charge in [-0.3, -0.25) is 0 Å². The van der Waals surface area contributed by atoms with Crippen LogP contribution in [-0.4, -0.2) is 42.8 Å². The Morgan fingerprint density at radius 2 is 2.04 bits per heavy atom. The Bertz CT molecular complexity index is 461. The lowest BCUT2D eigenvalue weighted by atomic mass is 10.0. The van der Waals surface area contributed by atoms with Crippen LogP contribution >= 0.6 is 0 Å². The van der Waals surface area contributed by atoms with Gasteiger partial charge < -0.3 is 15.0 Å². The number of alkyl carbamates (subject to hydrolysis) is 1. The highest BCUT2D eigenvalue weighted by molar-refractivity contribution is 5.67. The van der Waals surface area contributed by atoms with Crippen molar-refractivity contribution in [1.82, 2.24) is 10.2 Å². The van der Waals surface area contributed by atoms with Gasteiger partial charge in [0.2, 0.25) is 0 Å². The van der Waals surface area contributed by atoms with Crippen LogP contribution in [0.3, 0.4) is 0 Å². The molecule has 0 spiro atoms. The van der Waals surface area contributed by atoms with Crippen LogP contribution < -0.4 is 5.32 Å². The number of carbonyl (C=O) groups excluding carboxylic acids is 1. The van der Waals surface area contributed by atoms with Gasteiger partial charge in [0.25, 0.3) is 0 Å². The number of benzene rings is 1. The van der Waals surface area contributed by atoms with Gasteiger partial charge in [-0.25, -0.2) is 9.18 Å². The molecule has 0 aromatic heterocycles. The Morgan fingerprint density at radius 1 is 1.35 bits per heavy atom. The summed E-state index contributed by atoms with van der Waals surface area (Å²) in [4.78, 5) is 14.0. The van der Waals surface area contributed by atoms with Crippen LogP contribution in [0.5, 0.6) is 0 Å². The van der Waals surface area contributed by atoms with E-state index >= 15 is 0 Å². The Kier molecular flexibility index (Phi) is 7.33. The highest BCUT2D eigenvalue weighted by Crippen LogP contribution is 2.13. The van der Waals surface area contributed by atoms with Gasteiger partial charge >= 0.3 is 6.09 Å². The second-order valence-electron chi connectivity index (χ2n) is 6.17. The molecule has 1 heterocycles. The zero-order chi connectivity index (χ0) is 16.5. The van der Waals surface area contributed by atoms with E-state index in [1.807, 2.05) is 37.3 Å².